The lowest BCUT2D eigenvalue weighted by atomic mass is 10.1. The van der Waals surface area contributed by atoms with E-state index < -0.39 is 0 Å². The van der Waals surface area contributed by atoms with E-state index in [4.69, 9.17) is 14.2 Å². The largest absolute Gasteiger partial charge is 0.497 e. The number of thioether (sulfide) groups is 1. The number of amides is 1. The number of ether oxygens (including phenoxy) is 3. The van der Waals surface area contributed by atoms with E-state index in [0.29, 0.717) is 28.0 Å². The van der Waals surface area contributed by atoms with Gasteiger partial charge in [0.25, 0.3) is 0 Å². The highest BCUT2D eigenvalue weighted by molar-refractivity contribution is 7.99. The summed E-state index contributed by atoms with van der Waals surface area (Å²) in [5, 5.41) is 16.3. The van der Waals surface area contributed by atoms with Crippen molar-refractivity contribution in [2.24, 2.45) is 0 Å². The maximum atomic E-state index is 12.5. The zero-order valence-corrected chi connectivity index (χ0v) is 18.5. The van der Waals surface area contributed by atoms with Crippen LogP contribution < -0.4 is 19.5 Å². The van der Waals surface area contributed by atoms with E-state index in [2.05, 4.69) is 20.6 Å². The summed E-state index contributed by atoms with van der Waals surface area (Å²) in [4.78, 5) is 12.5. The van der Waals surface area contributed by atoms with Crippen molar-refractivity contribution in [2.45, 2.75) is 5.16 Å². The van der Waals surface area contributed by atoms with E-state index in [1.165, 1.54) is 18.9 Å². The predicted octanol–water partition coefficient (Wildman–Crippen LogP) is 3.55. The van der Waals surface area contributed by atoms with E-state index in [0.717, 1.165) is 17.0 Å². The lowest BCUT2D eigenvalue weighted by Crippen LogP contribution is -2.15. The van der Waals surface area contributed by atoms with Gasteiger partial charge in [-0.05, 0) is 48.5 Å². The Bertz CT molecular complexity index is 1240. The van der Waals surface area contributed by atoms with Gasteiger partial charge in [0.1, 0.15) is 17.2 Å². The van der Waals surface area contributed by atoms with Crippen LogP contribution in [-0.4, -0.2) is 52.8 Å². The van der Waals surface area contributed by atoms with Gasteiger partial charge in [-0.15, -0.1) is 10.2 Å². The number of nitrogens with zero attached hydrogens (tertiary/aromatic N) is 4. The second-order valence-corrected chi connectivity index (χ2v) is 7.55. The Morgan fingerprint density at radius 1 is 0.938 bits per heavy atom. The number of carbonyl (C=O) groups excluding carboxylic acids is 1. The van der Waals surface area contributed by atoms with Crippen molar-refractivity contribution in [3.63, 3.8) is 0 Å². The molecule has 0 bridgehead atoms. The summed E-state index contributed by atoms with van der Waals surface area (Å²) in [7, 11) is 4.73. The molecule has 2 aromatic carbocycles. The lowest BCUT2D eigenvalue weighted by Gasteiger charge is -2.11. The molecule has 4 rings (SSSR count). The summed E-state index contributed by atoms with van der Waals surface area (Å²) in [5.41, 5.74) is 2.85. The number of anilines is 1. The molecule has 32 heavy (non-hydrogen) atoms. The Kier molecular flexibility index (Phi) is 6.41. The molecule has 1 amide bonds. The van der Waals surface area contributed by atoms with Crippen molar-refractivity contribution >= 4 is 29.0 Å². The van der Waals surface area contributed by atoms with E-state index >= 15 is 0 Å². The second-order valence-electron chi connectivity index (χ2n) is 6.60. The summed E-state index contributed by atoms with van der Waals surface area (Å²) >= 11 is 1.24. The zero-order chi connectivity index (χ0) is 22.5. The summed E-state index contributed by atoms with van der Waals surface area (Å²) < 4.78 is 17.3. The average Bonchev–Trinajstić information content (AvgIpc) is 3.25. The van der Waals surface area contributed by atoms with Crippen molar-refractivity contribution < 1.29 is 19.0 Å². The number of nitrogens with one attached hydrogen (secondary N) is 1. The van der Waals surface area contributed by atoms with Crippen molar-refractivity contribution in [2.75, 3.05) is 32.4 Å². The fourth-order valence-corrected chi connectivity index (χ4v) is 3.68. The van der Waals surface area contributed by atoms with Gasteiger partial charge in [-0.2, -0.15) is 9.61 Å². The number of aromatic nitrogens is 4. The van der Waals surface area contributed by atoms with Gasteiger partial charge < -0.3 is 19.5 Å². The molecule has 0 radical (unpaired) electrons. The molecule has 0 spiro atoms. The molecular weight excluding hydrogens is 430 g/mol. The Hall–Kier alpha value is -3.79. The maximum absolute atomic E-state index is 12.5. The molecule has 0 aliphatic heterocycles. The standard InChI is InChI=1S/C22H21N5O4S/c1-29-15-6-4-14(5-7-15)17-10-11-20-24-25-22(27(20)26-17)32-13-21(28)23-18-9-8-16(30-2)12-19(18)31-3/h4-12H,13H2,1-3H3,(H,23,28). The Labute approximate surface area is 188 Å². The van der Waals surface area contributed by atoms with E-state index in [1.807, 2.05) is 36.4 Å². The van der Waals surface area contributed by atoms with Crippen molar-refractivity contribution in [1.29, 1.82) is 0 Å². The molecule has 0 aliphatic rings. The molecule has 9 nitrogen and oxygen atoms in total. The first kappa shape index (κ1) is 21.4. The number of hydrogen-bond acceptors (Lipinski definition) is 8. The van der Waals surface area contributed by atoms with Gasteiger partial charge in [0.15, 0.2) is 5.65 Å². The zero-order valence-electron chi connectivity index (χ0n) is 17.7. The number of carbonyl (C=O) groups is 1. The molecule has 0 saturated heterocycles. The number of rotatable bonds is 8. The first-order valence-corrected chi connectivity index (χ1v) is 10.6. The number of methoxy groups -OCH3 is 3. The summed E-state index contributed by atoms with van der Waals surface area (Å²) in [6.07, 6.45) is 0. The van der Waals surface area contributed by atoms with Crippen molar-refractivity contribution in [3.8, 4) is 28.5 Å². The van der Waals surface area contributed by atoms with E-state index in [9.17, 15) is 4.79 Å². The number of hydrogen-bond donors (Lipinski definition) is 1. The van der Waals surface area contributed by atoms with Gasteiger partial charge in [-0.25, -0.2) is 0 Å². The molecule has 0 aliphatic carbocycles. The van der Waals surface area contributed by atoms with Gasteiger partial charge in [0.2, 0.25) is 11.1 Å². The maximum Gasteiger partial charge on any atom is 0.234 e. The minimum absolute atomic E-state index is 0.129. The van der Waals surface area contributed by atoms with Crippen LogP contribution in [0.4, 0.5) is 5.69 Å². The van der Waals surface area contributed by atoms with E-state index in [-0.39, 0.29) is 11.7 Å². The van der Waals surface area contributed by atoms with Crippen LogP contribution in [0, 0.1) is 0 Å². The summed E-state index contributed by atoms with van der Waals surface area (Å²) in [6, 6.07) is 16.5. The quantitative estimate of drug-likeness (QED) is 0.406. The average molecular weight is 452 g/mol. The second kappa shape index (κ2) is 9.56. The predicted molar refractivity (Wildman–Crippen MR) is 122 cm³/mol. The number of fused-ring (bicyclic) bond motifs is 1. The minimum Gasteiger partial charge on any atom is -0.497 e. The third kappa shape index (κ3) is 4.59. The SMILES string of the molecule is COc1ccc(-c2ccc3nnc(SCC(=O)Nc4ccc(OC)cc4OC)n3n2)cc1. The van der Waals surface area contributed by atoms with Crippen molar-refractivity contribution in [1.82, 2.24) is 19.8 Å². The number of benzene rings is 2. The molecule has 1 N–H and O–H groups in total. The summed E-state index contributed by atoms with van der Waals surface area (Å²) in [5.74, 6) is 1.85. The third-order valence-electron chi connectivity index (χ3n) is 4.64. The first-order chi connectivity index (χ1) is 15.6. The smallest absolute Gasteiger partial charge is 0.234 e. The van der Waals surface area contributed by atoms with Crippen molar-refractivity contribution in [3.05, 3.63) is 54.6 Å². The van der Waals surface area contributed by atoms with Gasteiger partial charge >= 0.3 is 0 Å². The van der Waals surface area contributed by atoms with Crippen LogP contribution in [0.1, 0.15) is 0 Å². The highest BCUT2D eigenvalue weighted by atomic mass is 32.2. The highest BCUT2D eigenvalue weighted by Gasteiger charge is 2.14. The minimum atomic E-state index is -0.207. The third-order valence-corrected chi connectivity index (χ3v) is 5.55. The molecule has 2 heterocycles. The van der Waals surface area contributed by atoms with E-state index in [1.54, 1.807) is 36.9 Å². The molecule has 4 aromatic rings. The lowest BCUT2D eigenvalue weighted by molar-refractivity contribution is -0.113. The Morgan fingerprint density at radius 2 is 1.69 bits per heavy atom. The van der Waals surface area contributed by atoms with Gasteiger partial charge in [-0.1, -0.05) is 11.8 Å². The monoisotopic (exact) mass is 451 g/mol. The van der Waals surface area contributed by atoms with Gasteiger partial charge in [0, 0.05) is 11.6 Å². The summed E-state index contributed by atoms with van der Waals surface area (Å²) in [6.45, 7) is 0. The normalized spacial score (nSPS) is 10.7. The van der Waals surface area contributed by atoms with Crippen LogP contribution in [0.2, 0.25) is 0 Å². The molecular formula is C22H21N5O4S. The topological polar surface area (TPSA) is 99.9 Å². The Balaban J connectivity index is 1.48. The Morgan fingerprint density at radius 3 is 2.41 bits per heavy atom. The van der Waals surface area contributed by atoms with Crippen LogP contribution in [0.25, 0.3) is 16.9 Å². The fraction of sp³-hybridized carbons (Fsp3) is 0.182. The van der Waals surface area contributed by atoms with Crippen LogP contribution in [0.3, 0.4) is 0 Å². The molecule has 10 heteroatoms. The molecule has 2 aromatic heterocycles. The molecule has 0 atom stereocenters. The first-order valence-electron chi connectivity index (χ1n) is 9.63. The highest BCUT2D eigenvalue weighted by Crippen LogP contribution is 2.29. The molecule has 164 valence electrons. The molecule has 0 fully saturated rings. The van der Waals surface area contributed by atoms with Crippen LogP contribution in [0.15, 0.2) is 59.8 Å². The van der Waals surface area contributed by atoms with Gasteiger partial charge in [0.05, 0.1) is 38.5 Å². The molecule has 0 saturated carbocycles. The van der Waals surface area contributed by atoms with Crippen LogP contribution >= 0.6 is 11.8 Å². The van der Waals surface area contributed by atoms with Crippen LogP contribution in [0.5, 0.6) is 17.2 Å². The van der Waals surface area contributed by atoms with Gasteiger partial charge in [-0.3, -0.25) is 4.79 Å². The molecule has 0 unspecified atom stereocenters. The van der Waals surface area contributed by atoms with Crippen LogP contribution in [-0.2, 0) is 4.79 Å². The fourth-order valence-electron chi connectivity index (χ4n) is 2.99.